The summed E-state index contributed by atoms with van der Waals surface area (Å²) in [5.74, 6) is -0.297. The Morgan fingerprint density at radius 2 is 2.25 bits per heavy atom. The Kier molecular flexibility index (Phi) is 4.54. The summed E-state index contributed by atoms with van der Waals surface area (Å²) in [6.45, 7) is 2.72. The lowest BCUT2D eigenvalue weighted by atomic mass is 10.1. The van der Waals surface area contributed by atoms with Gasteiger partial charge in [0.25, 0.3) is 5.91 Å². The minimum atomic E-state index is -0.289. The quantitative estimate of drug-likeness (QED) is 0.661. The zero-order valence-electron chi connectivity index (χ0n) is 9.23. The third-order valence-corrected chi connectivity index (χ3v) is 2.08. The van der Waals surface area contributed by atoms with Crippen molar-refractivity contribution in [3.05, 3.63) is 41.5 Å². The third-order valence-electron chi connectivity index (χ3n) is 2.08. The summed E-state index contributed by atoms with van der Waals surface area (Å²) in [6.07, 6.45) is 3.53. The van der Waals surface area contributed by atoms with E-state index >= 15 is 0 Å². The Balaban J connectivity index is 2.65. The first-order valence-electron chi connectivity index (χ1n) is 5.08. The fraction of sp³-hybridized carbons (Fsp3) is 0.250. The van der Waals surface area contributed by atoms with Gasteiger partial charge in [-0.3, -0.25) is 4.79 Å². The number of carbonyl (C=O) groups excluding carboxylic acids is 1. The first-order chi connectivity index (χ1) is 7.65. The SMILES string of the molecule is Cc1ccc(O)c(C(=O)NC/C=C/CN)c1. The van der Waals surface area contributed by atoms with Gasteiger partial charge in [0.15, 0.2) is 0 Å². The molecule has 0 heterocycles. The molecule has 0 aliphatic heterocycles. The van der Waals surface area contributed by atoms with Crippen molar-refractivity contribution in [2.24, 2.45) is 5.73 Å². The molecule has 0 saturated heterocycles. The van der Waals surface area contributed by atoms with Crippen LogP contribution in [0.5, 0.6) is 5.75 Å². The summed E-state index contributed by atoms with van der Waals surface area (Å²) < 4.78 is 0. The molecule has 1 rings (SSSR count). The van der Waals surface area contributed by atoms with Crippen LogP contribution in [0.1, 0.15) is 15.9 Å². The monoisotopic (exact) mass is 220 g/mol. The van der Waals surface area contributed by atoms with E-state index in [0.29, 0.717) is 18.7 Å². The average molecular weight is 220 g/mol. The van der Waals surface area contributed by atoms with E-state index in [1.807, 2.05) is 6.92 Å². The number of hydrogen-bond acceptors (Lipinski definition) is 3. The Bertz CT molecular complexity index is 400. The second-order valence-electron chi connectivity index (χ2n) is 3.44. The number of carbonyl (C=O) groups is 1. The largest absolute Gasteiger partial charge is 0.507 e. The number of nitrogens with two attached hydrogens (primary N) is 1. The smallest absolute Gasteiger partial charge is 0.255 e. The normalized spacial score (nSPS) is 10.6. The molecule has 0 bridgehead atoms. The van der Waals surface area contributed by atoms with Crippen molar-refractivity contribution < 1.29 is 9.90 Å². The van der Waals surface area contributed by atoms with Crippen LogP contribution in [0, 0.1) is 6.92 Å². The molecule has 4 N–H and O–H groups in total. The Hall–Kier alpha value is -1.81. The molecule has 16 heavy (non-hydrogen) atoms. The summed E-state index contributed by atoms with van der Waals surface area (Å²) in [7, 11) is 0. The number of phenolic OH excluding ortho intramolecular Hbond substituents is 1. The highest BCUT2D eigenvalue weighted by molar-refractivity contribution is 5.97. The topological polar surface area (TPSA) is 75.3 Å². The molecule has 1 aromatic carbocycles. The molecule has 0 radical (unpaired) electrons. The van der Waals surface area contributed by atoms with Crippen molar-refractivity contribution in [1.29, 1.82) is 0 Å². The van der Waals surface area contributed by atoms with Gasteiger partial charge in [0, 0.05) is 13.1 Å². The van der Waals surface area contributed by atoms with Gasteiger partial charge in [0.2, 0.25) is 0 Å². The molecule has 4 nitrogen and oxygen atoms in total. The molecule has 0 saturated carbocycles. The predicted octanol–water partition coefficient (Wildman–Crippen LogP) is 0.945. The summed E-state index contributed by atoms with van der Waals surface area (Å²) >= 11 is 0. The van der Waals surface area contributed by atoms with Crippen molar-refractivity contribution >= 4 is 5.91 Å². The van der Waals surface area contributed by atoms with Crippen LogP contribution in [0.25, 0.3) is 0 Å². The van der Waals surface area contributed by atoms with Gasteiger partial charge in [-0.05, 0) is 19.1 Å². The number of aromatic hydroxyl groups is 1. The standard InChI is InChI=1S/C12H16N2O2/c1-9-4-5-11(15)10(8-9)12(16)14-7-3-2-6-13/h2-5,8,15H,6-7,13H2,1H3,(H,14,16)/b3-2+. The highest BCUT2D eigenvalue weighted by atomic mass is 16.3. The third kappa shape index (κ3) is 3.40. The molecule has 0 fully saturated rings. The summed E-state index contributed by atoms with van der Waals surface area (Å²) in [6, 6.07) is 4.91. The zero-order valence-corrected chi connectivity index (χ0v) is 9.23. The highest BCUT2D eigenvalue weighted by Crippen LogP contribution is 2.17. The van der Waals surface area contributed by atoms with Gasteiger partial charge in [-0.1, -0.05) is 23.8 Å². The Morgan fingerprint density at radius 1 is 1.50 bits per heavy atom. The first kappa shape index (κ1) is 12.3. The Labute approximate surface area is 94.8 Å². The number of nitrogens with one attached hydrogen (secondary N) is 1. The second kappa shape index (κ2) is 5.92. The minimum Gasteiger partial charge on any atom is -0.507 e. The number of phenols is 1. The van der Waals surface area contributed by atoms with E-state index in [1.54, 1.807) is 24.3 Å². The molecular weight excluding hydrogens is 204 g/mol. The lowest BCUT2D eigenvalue weighted by molar-refractivity contribution is 0.0955. The second-order valence-corrected chi connectivity index (χ2v) is 3.44. The summed E-state index contributed by atoms with van der Waals surface area (Å²) in [4.78, 5) is 11.6. The van der Waals surface area contributed by atoms with Crippen molar-refractivity contribution in [2.45, 2.75) is 6.92 Å². The molecule has 4 heteroatoms. The molecule has 0 unspecified atom stereocenters. The van der Waals surface area contributed by atoms with Crippen LogP contribution in [0.2, 0.25) is 0 Å². The van der Waals surface area contributed by atoms with Gasteiger partial charge < -0.3 is 16.2 Å². The molecule has 0 aliphatic carbocycles. The molecule has 0 spiro atoms. The van der Waals surface area contributed by atoms with Gasteiger partial charge >= 0.3 is 0 Å². The number of hydrogen-bond donors (Lipinski definition) is 3. The van der Waals surface area contributed by atoms with E-state index in [9.17, 15) is 9.90 Å². The van der Waals surface area contributed by atoms with Crippen LogP contribution in [-0.4, -0.2) is 24.1 Å². The first-order valence-corrected chi connectivity index (χ1v) is 5.08. The highest BCUT2D eigenvalue weighted by Gasteiger charge is 2.09. The number of amides is 1. The predicted molar refractivity (Wildman–Crippen MR) is 63.4 cm³/mol. The lowest BCUT2D eigenvalue weighted by Gasteiger charge is -2.05. The van der Waals surface area contributed by atoms with E-state index in [4.69, 9.17) is 5.73 Å². The van der Waals surface area contributed by atoms with Gasteiger partial charge in [0.05, 0.1) is 5.56 Å². The molecule has 0 atom stereocenters. The van der Waals surface area contributed by atoms with Crippen LogP contribution in [-0.2, 0) is 0 Å². The average Bonchev–Trinajstić information content (AvgIpc) is 2.27. The minimum absolute atomic E-state index is 0.00842. The molecule has 1 aromatic rings. The van der Waals surface area contributed by atoms with E-state index in [1.165, 1.54) is 6.07 Å². The van der Waals surface area contributed by atoms with Gasteiger partial charge in [0.1, 0.15) is 5.75 Å². The molecule has 0 aromatic heterocycles. The maximum absolute atomic E-state index is 11.6. The number of aryl methyl sites for hydroxylation is 1. The van der Waals surface area contributed by atoms with Gasteiger partial charge in [-0.25, -0.2) is 0 Å². The fourth-order valence-electron chi connectivity index (χ4n) is 1.26. The lowest BCUT2D eigenvalue weighted by Crippen LogP contribution is -2.23. The summed E-state index contributed by atoms with van der Waals surface area (Å²) in [5, 5.41) is 12.2. The molecular formula is C12H16N2O2. The van der Waals surface area contributed by atoms with E-state index in [0.717, 1.165) is 5.56 Å². The van der Waals surface area contributed by atoms with Crippen LogP contribution in [0.3, 0.4) is 0 Å². The van der Waals surface area contributed by atoms with Crippen molar-refractivity contribution in [1.82, 2.24) is 5.32 Å². The van der Waals surface area contributed by atoms with Crippen LogP contribution in [0.4, 0.5) is 0 Å². The zero-order chi connectivity index (χ0) is 12.0. The van der Waals surface area contributed by atoms with Crippen LogP contribution in [0.15, 0.2) is 30.4 Å². The van der Waals surface area contributed by atoms with E-state index in [-0.39, 0.29) is 11.7 Å². The van der Waals surface area contributed by atoms with E-state index in [2.05, 4.69) is 5.32 Å². The Morgan fingerprint density at radius 3 is 2.94 bits per heavy atom. The van der Waals surface area contributed by atoms with Gasteiger partial charge in [-0.2, -0.15) is 0 Å². The maximum Gasteiger partial charge on any atom is 0.255 e. The van der Waals surface area contributed by atoms with Crippen LogP contribution < -0.4 is 11.1 Å². The van der Waals surface area contributed by atoms with Crippen molar-refractivity contribution in [2.75, 3.05) is 13.1 Å². The van der Waals surface area contributed by atoms with Crippen molar-refractivity contribution in [3.8, 4) is 5.75 Å². The number of rotatable bonds is 4. The van der Waals surface area contributed by atoms with Crippen molar-refractivity contribution in [3.63, 3.8) is 0 Å². The molecule has 1 amide bonds. The number of benzene rings is 1. The summed E-state index contributed by atoms with van der Waals surface area (Å²) in [5.41, 5.74) is 6.48. The molecule has 86 valence electrons. The molecule has 0 aliphatic rings. The van der Waals surface area contributed by atoms with Crippen LogP contribution >= 0.6 is 0 Å². The van der Waals surface area contributed by atoms with E-state index < -0.39 is 0 Å². The maximum atomic E-state index is 11.6. The fourth-order valence-corrected chi connectivity index (χ4v) is 1.26. The van der Waals surface area contributed by atoms with Gasteiger partial charge in [-0.15, -0.1) is 0 Å².